The molecule has 8 heteroatoms. The summed E-state index contributed by atoms with van der Waals surface area (Å²) in [4.78, 5) is 20.9. The van der Waals surface area contributed by atoms with Crippen LogP contribution in [0.2, 0.25) is 5.02 Å². The third-order valence-corrected chi connectivity index (χ3v) is 3.88. The molecular formula is C14H13ClN2O4S. The summed E-state index contributed by atoms with van der Waals surface area (Å²) < 4.78 is 14.9. The molecule has 0 radical (unpaired) electrons. The van der Waals surface area contributed by atoms with Crippen LogP contribution < -0.4 is 9.47 Å². The SMILES string of the molecule is COC(=O)c1c(Cl)cccc1Sc1nc(OC)cc(OC)n1. The summed E-state index contributed by atoms with van der Waals surface area (Å²) in [6, 6.07) is 6.64. The first-order chi connectivity index (χ1) is 10.6. The molecule has 6 nitrogen and oxygen atoms in total. The van der Waals surface area contributed by atoms with Crippen LogP contribution in [0.1, 0.15) is 10.4 Å². The van der Waals surface area contributed by atoms with Gasteiger partial charge in [0.05, 0.1) is 38.0 Å². The van der Waals surface area contributed by atoms with Crippen molar-refractivity contribution in [3.05, 3.63) is 34.9 Å². The molecule has 0 spiro atoms. The summed E-state index contributed by atoms with van der Waals surface area (Å²) in [5, 5.41) is 0.662. The van der Waals surface area contributed by atoms with E-state index in [9.17, 15) is 4.79 Å². The first-order valence-electron chi connectivity index (χ1n) is 6.10. The third-order valence-electron chi connectivity index (χ3n) is 2.64. The lowest BCUT2D eigenvalue weighted by atomic mass is 10.2. The van der Waals surface area contributed by atoms with Gasteiger partial charge in [-0.2, -0.15) is 9.97 Å². The molecule has 1 heterocycles. The number of carbonyl (C=O) groups excluding carboxylic acids is 1. The van der Waals surface area contributed by atoms with E-state index >= 15 is 0 Å². The van der Waals surface area contributed by atoms with Gasteiger partial charge in [0.25, 0.3) is 0 Å². The normalized spacial score (nSPS) is 10.2. The second kappa shape index (κ2) is 7.33. The zero-order valence-corrected chi connectivity index (χ0v) is 13.7. The number of rotatable bonds is 5. The van der Waals surface area contributed by atoms with Gasteiger partial charge in [0.15, 0.2) is 5.16 Å². The summed E-state index contributed by atoms with van der Waals surface area (Å²) in [7, 11) is 4.29. The van der Waals surface area contributed by atoms with E-state index in [2.05, 4.69) is 9.97 Å². The number of aromatic nitrogens is 2. The van der Waals surface area contributed by atoms with E-state index in [1.54, 1.807) is 24.3 Å². The molecule has 2 aromatic rings. The number of hydrogen-bond donors (Lipinski definition) is 0. The van der Waals surface area contributed by atoms with Crippen LogP contribution in [0.3, 0.4) is 0 Å². The largest absolute Gasteiger partial charge is 0.481 e. The Bertz CT molecular complexity index is 674. The van der Waals surface area contributed by atoms with Crippen LogP contribution in [-0.4, -0.2) is 37.3 Å². The average Bonchev–Trinajstić information content (AvgIpc) is 2.54. The highest BCUT2D eigenvalue weighted by atomic mass is 35.5. The monoisotopic (exact) mass is 340 g/mol. The van der Waals surface area contributed by atoms with Crippen molar-refractivity contribution >= 4 is 29.3 Å². The summed E-state index contributed by atoms with van der Waals surface area (Å²) in [6.45, 7) is 0. The third kappa shape index (κ3) is 3.61. The highest BCUT2D eigenvalue weighted by Gasteiger charge is 2.18. The van der Waals surface area contributed by atoms with Crippen molar-refractivity contribution in [2.45, 2.75) is 10.1 Å². The molecular weight excluding hydrogens is 328 g/mol. The molecule has 0 atom stereocenters. The molecule has 0 saturated heterocycles. The second-order valence-corrected chi connectivity index (χ2v) is 5.36. The molecule has 116 valence electrons. The summed E-state index contributed by atoms with van der Waals surface area (Å²) in [6.07, 6.45) is 0. The van der Waals surface area contributed by atoms with Crippen molar-refractivity contribution in [1.29, 1.82) is 0 Å². The van der Waals surface area contributed by atoms with Crippen molar-refractivity contribution < 1.29 is 19.0 Å². The van der Waals surface area contributed by atoms with Gasteiger partial charge in [-0.05, 0) is 23.9 Å². The van der Waals surface area contributed by atoms with Crippen molar-refractivity contribution in [2.75, 3.05) is 21.3 Å². The van der Waals surface area contributed by atoms with Gasteiger partial charge >= 0.3 is 5.97 Å². The summed E-state index contributed by atoms with van der Waals surface area (Å²) in [5.41, 5.74) is 0.266. The molecule has 0 aliphatic heterocycles. The number of ether oxygens (including phenoxy) is 3. The van der Waals surface area contributed by atoms with Gasteiger partial charge in [0, 0.05) is 4.90 Å². The van der Waals surface area contributed by atoms with Gasteiger partial charge in [-0.25, -0.2) is 4.79 Å². The predicted molar refractivity (Wildman–Crippen MR) is 82.1 cm³/mol. The fraction of sp³-hybridized carbons (Fsp3) is 0.214. The average molecular weight is 341 g/mol. The zero-order valence-electron chi connectivity index (χ0n) is 12.1. The molecule has 0 N–H and O–H groups in total. The Morgan fingerprint density at radius 2 is 1.77 bits per heavy atom. The molecule has 0 amide bonds. The van der Waals surface area contributed by atoms with Gasteiger partial charge in [0.2, 0.25) is 11.8 Å². The van der Waals surface area contributed by atoms with E-state index in [4.69, 9.17) is 25.8 Å². The first kappa shape index (κ1) is 16.4. The van der Waals surface area contributed by atoms with Crippen LogP contribution in [0.5, 0.6) is 11.8 Å². The molecule has 1 aromatic heterocycles. The quantitative estimate of drug-likeness (QED) is 0.611. The van der Waals surface area contributed by atoms with E-state index in [1.165, 1.54) is 21.3 Å². The van der Waals surface area contributed by atoms with Gasteiger partial charge in [-0.3, -0.25) is 0 Å². The van der Waals surface area contributed by atoms with Crippen LogP contribution in [-0.2, 0) is 4.74 Å². The topological polar surface area (TPSA) is 70.5 Å². The van der Waals surface area contributed by atoms with Crippen molar-refractivity contribution in [3.63, 3.8) is 0 Å². The lowest BCUT2D eigenvalue weighted by Gasteiger charge is -2.09. The Hall–Kier alpha value is -1.99. The highest BCUT2D eigenvalue weighted by molar-refractivity contribution is 7.99. The number of esters is 1. The molecule has 22 heavy (non-hydrogen) atoms. The zero-order chi connectivity index (χ0) is 16.1. The molecule has 0 fully saturated rings. The molecule has 0 aliphatic carbocycles. The Labute approximate surface area is 136 Å². The molecule has 0 unspecified atom stereocenters. The lowest BCUT2D eigenvalue weighted by molar-refractivity contribution is 0.0597. The number of hydrogen-bond acceptors (Lipinski definition) is 7. The smallest absolute Gasteiger partial charge is 0.340 e. The van der Waals surface area contributed by atoms with Crippen LogP contribution in [0, 0.1) is 0 Å². The van der Waals surface area contributed by atoms with Crippen molar-refractivity contribution in [3.8, 4) is 11.8 Å². The summed E-state index contributed by atoms with van der Waals surface area (Å²) >= 11 is 7.25. The molecule has 0 aliphatic rings. The number of nitrogens with zero attached hydrogens (tertiary/aromatic N) is 2. The number of halogens is 1. The first-order valence-corrected chi connectivity index (χ1v) is 7.30. The summed E-state index contributed by atoms with van der Waals surface area (Å²) in [5.74, 6) is 0.190. The van der Waals surface area contributed by atoms with Crippen LogP contribution in [0.4, 0.5) is 0 Å². The maximum absolute atomic E-state index is 11.9. The van der Waals surface area contributed by atoms with Crippen LogP contribution >= 0.6 is 23.4 Å². The lowest BCUT2D eigenvalue weighted by Crippen LogP contribution is -2.04. The number of benzene rings is 1. The predicted octanol–water partition coefficient (Wildman–Crippen LogP) is 3.09. The maximum Gasteiger partial charge on any atom is 0.340 e. The van der Waals surface area contributed by atoms with Crippen LogP contribution in [0.15, 0.2) is 34.3 Å². The Balaban J connectivity index is 2.43. The van der Waals surface area contributed by atoms with E-state index < -0.39 is 5.97 Å². The minimum atomic E-state index is -0.525. The standard InChI is InChI=1S/C14H13ClN2O4S/c1-19-10-7-11(20-2)17-14(16-10)22-9-6-4-5-8(15)12(9)13(18)21-3/h4-7H,1-3H3. The molecule has 0 bridgehead atoms. The van der Waals surface area contributed by atoms with Gasteiger partial charge < -0.3 is 14.2 Å². The number of carbonyl (C=O) groups is 1. The van der Waals surface area contributed by atoms with Crippen LogP contribution in [0.25, 0.3) is 0 Å². The van der Waals surface area contributed by atoms with Gasteiger partial charge in [0.1, 0.15) is 0 Å². The number of methoxy groups -OCH3 is 3. The van der Waals surface area contributed by atoms with Crippen molar-refractivity contribution in [2.24, 2.45) is 0 Å². The highest BCUT2D eigenvalue weighted by Crippen LogP contribution is 2.34. The Kier molecular flexibility index (Phi) is 5.46. The molecule has 2 rings (SSSR count). The Morgan fingerprint density at radius 3 is 2.32 bits per heavy atom. The van der Waals surface area contributed by atoms with E-state index in [0.717, 1.165) is 11.8 Å². The van der Waals surface area contributed by atoms with E-state index in [1.807, 2.05) is 0 Å². The van der Waals surface area contributed by atoms with Crippen molar-refractivity contribution in [1.82, 2.24) is 9.97 Å². The van der Waals surface area contributed by atoms with E-state index in [0.29, 0.717) is 26.8 Å². The maximum atomic E-state index is 11.9. The minimum Gasteiger partial charge on any atom is -0.481 e. The molecule has 0 saturated carbocycles. The molecule has 1 aromatic carbocycles. The minimum absolute atomic E-state index is 0.266. The fourth-order valence-corrected chi connectivity index (χ4v) is 2.84. The van der Waals surface area contributed by atoms with Gasteiger partial charge in [-0.15, -0.1) is 0 Å². The van der Waals surface area contributed by atoms with E-state index in [-0.39, 0.29) is 5.56 Å². The Morgan fingerprint density at radius 1 is 1.14 bits per heavy atom. The fourth-order valence-electron chi connectivity index (χ4n) is 1.63. The van der Waals surface area contributed by atoms with Gasteiger partial charge in [-0.1, -0.05) is 17.7 Å². The second-order valence-electron chi connectivity index (χ2n) is 3.94.